The van der Waals surface area contributed by atoms with E-state index >= 15 is 0 Å². The fourth-order valence-corrected chi connectivity index (χ4v) is 2.27. The van der Waals surface area contributed by atoms with Crippen molar-refractivity contribution in [2.24, 2.45) is 0 Å². The van der Waals surface area contributed by atoms with Crippen LogP contribution in [0.15, 0.2) is 18.2 Å². The molecule has 100 valence electrons. The van der Waals surface area contributed by atoms with Crippen molar-refractivity contribution in [3.05, 3.63) is 35.4 Å². The lowest BCUT2D eigenvalue weighted by atomic mass is 9.92. The third-order valence-corrected chi connectivity index (χ3v) is 3.13. The molecule has 18 heavy (non-hydrogen) atoms. The summed E-state index contributed by atoms with van der Waals surface area (Å²) < 4.78 is 64.7. The Hall–Kier alpha value is -1.17. The normalized spacial score (nSPS) is 25.2. The molecule has 1 aromatic rings. The number of benzene rings is 1. The van der Waals surface area contributed by atoms with E-state index < -0.39 is 29.9 Å². The third kappa shape index (κ3) is 2.63. The van der Waals surface area contributed by atoms with E-state index in [0.717, 1.165) is 12.1 Å². The van der Waals surface area contributed by atoms with E-state index in [4.69, 9.17) is 0 Å². The van der Waals surface area contributed by atoms with E-state index in [0.29, 0.717) is 6.42 Å². The van der Waals surface area contributed by atoms with Crippen molar-refractivity contribution >= 4 is 0 Å². The zero-order chi connectivity index (χ0) is 13.3. The summed E-state index contributed by atoms with van der Waals surface area (Å²) >= 11 is 0. The fourth-order valence-electron chi connectivity index (χ4n) is 2.27. The smallest absolute Gasteiger partial charge is 0.299 e. The summed E-state index contributed by atoms with van der Waals surface area (Å²) in [4.78, 5) is 0. The van der Waals surface area contributed by atoms with Gasteiger partial charge in [0.2, 0.25) is 0 Å². The van der Waals surface area contributed by atoms with Crippen LogP contribution >= 0.6 is 0 Å². The summed E-state index contributed by atoms with van der Waals surface area (Å²) in [7, 11) is 0. The molecule has 1 nitrogen and oxygen atoms in total. The summed E-state index contributed by atoms with van der Waals surface area (Å²) in [6, 6.07) is 0.675. The maximum absolute atomic E-state index is 13.5. The molecule has 2 unspecified atom stereocenters. The zero-order valence-electron chi connectivity index (χ0n) is 9.40. The first-order valence-corrected chi connectivity index (χ1v) is 5.66. The molecule has 2 atom stereocenters. The Morgan fingerprint density at radius 2 is 1.67 bits per heavy atom. The van der Waals surface area contributed by atoms with Crippen LogP contribution in [0.3, 0.4) is 0 Å². The van der Waals surface area contributed by atoms with Crippen LogP contribution in [0.2, 0.25) is 0 Å². The lowest BCUT2D eigenvalue weighted by Crippen LogP contribution is -2.47. The van der Waals surface area contributed by atoms with Crippen LogP contribution in [0.4, 0.5) is 22.0 Å². The van der Waals surface area contributed by atoms with Crippen molar-refractivity contribution < 1.29 is 22.0 Å². The van der Waals surface area contributed by atoms with Gasteiger partial charge in [0.05, 0.1) is 0 Å². The van der Waals surface area contributed by atoms with Gasteiger partial charge < -0.3 is 0 Å². The van der Waals surface area contributed by atoms with Crippen molar-refractivity contribution in [3.8, 4) is 0 Å². The Morgan fingerprint density at radius 1 is 1.06 bits per heavy atom. The molecular weight excluding hydrogens is 253 g/mol. The Balaban J connectivity index is 2.24. The van der Waals surface area contributed by atoms with E-state index in [9.17, 15) is 22.0 Å². The van der Waals surface area contributed by atoms with Gasteiger partial charge in [-0.15, -0.1) is 0 Å². The van der Waals surface area contributed by atoms with Crippen LogP contribution < -0.4 is 5.32 Å². The van der Waals surface area contributed by atoms with E-state index in [2.05, 4.69) is 5.32 Å². The number of alkyl halides is 3. The van der Waals surface area contributed by atoms with E-state index in [-0.39, 0.29) is 18.4 Å². The predicted molar refractivity (Wildman–Crippen MR) is 55.9 cm³/mol. The van der Waals surface area contributed by atoms with Crippen LogP contribution in [-0.2, 0) is 0 Å². The van der Waals surface area contributed by atoms with E-state index in [1.165, 1.54) is 6.07 Å². The Labute approximate surface area is 101 Å². The summed E-state index contributed by atoms with van der Waals surface area (Å²) in [5.74, 6) is -1.62. The molecule has 1 aliphatic heterocycles. The molecule has 0 bridgehead atoms. The van der Waals surface area contributed by atoms with Crippen LogP contribution in [0, 0.1) is 11.6 Å². The topological polar surface area (TPSA) is 12.0 Å². The molecule has 1 aromatic carbocycles. The van der Waals surface area contributed by atoms with Gasteiger partial charge in [-0.05, 0) is 31.4 Å². The quantitative estimate of drug-likeness (QED) is 0.763. The maximum atomic E-state index is 13.5. The van der Waals surface area contributed by atoms with Gasteiger partial charge in [-0.3, -0.25) is 5.32 Å². The highest BCUT2D eigenvalue weighted by molar-refractivity contribution is 5.24. The van der Waals surface area contributed by atoms with Crippen LogP contribution in [0.1, 0.15) is 30.9 Å². The minimum Gasteiger partial charge on any atom is -0.299 e. The SMILES string of the molecule is Fc1cccc(F)c1C1CCCC(C(F)(F)F)N1. The fraction of sp³-hybridized carbons (Fsp3) is 0.500. The standard InChI is InChI=1S/C12H12F5N/c13-7-3-1-4-8(14)11(7)9-5-2-6-10(18-9)12(15,16)17/h1,3-4,9-10,18H,2,5-6H2. The third-order valence-electron chi connectivity index (χ3n) is 3.13. The minimum absolute atomic E-state index is 0.0595. The summed E-state index contributed by atoms with van der Waals surface area (Å²) in [5, 5.41) is 2.29. The monoisotopic (exact) mass is 265 g/mol. The first kappa shape index (κ1) is 13.3. The number of rotatable bonds is 1. The second kappa shape index (κ2) is 4.84. The second-order valence-corrected chi connectivity index (χ2v) is 4.38. The van der Waals surface area contributed by atoms with Crippen LogP contribution in [0.25, 0.3) is 0 Å². The van der Waals surface area contributed by atoms with E-state index in [1.54, 1.807) is 0 Å². The Morgan fingerprint density at radius 3 is 2.22 bits per heavy atom. The van der Waals surface area contributed by atoms with Gasteiger partial charge in [0.1, 0.15) is 17.7 Å². The number of hydrogen-bond acceptors (Lipinski definition) is 1. The average molecular weight is 265 g/mol. The minimum atomic E-state index is -4.39. The second-order valence-electron chi connectivity index (χ2n) is 4.38. The molecule has 1 N–H and O–H groups in total. The molecule has 0 spiro atoms. The number of piperidine rings is 1. The zero-order valence-corrected chi connectivity index (χ0v) is 9.40. The maximum Gasteiger partial charge on any atom is 0.403 e. The van der Waals surface area contributed by atoms with Gasteiger partial charge in [0.15, 0.2) is 0 Å². The van der Waals surface area contributed by atoms with E-state index in [1.807, 2.05) is 0 Å². The molecule has 1 heterocycles. The molecular formula is C12H12F5N. The van der Waals surface area contributed by atoms with Crippen molar-refractivity contribution in [2.45, 2.75) is 37.5 Å². The lowest BCUT2D eigenvalue weighted by Gasteiger charge is -2.32. The van der Waals surface area contributed by atoms with Gasteiger partial charge in [-0.1, -0.05) is 6.07 Å². The van der Waals surface area contributed by atoms with Crippen molar-refractivity contribution in [3.63, 3.8) is 0 Å². The molecule has 0 amide bonds. The van der Waals surface area contributed by atoms with Gasteiger partial charge >= 0.3 is 6.18 Å². The molecule has 0 aromatic heterocycles. The van der Waals surface area contributed by atoms with Gasteiger partial charge in [-0.25, -0.2) is 8.78 Å². The van der Waals surface area contributed by atoms with Crippen LogP contribution in [-0.4, -0.2) is 12.2 Å². The molecule has 1 fully saturated rings. The Kier molecular flexibility index (Phi) is 3.56. The Bertz CT molecular complexity index is 409. The van der Waals surface area contributed by atoms with Gasteiger partial charge in [-0.2, -0.15) is 13.2 Å². The van der Waals surface area contributed by atoms with Crippen molar-refractivity contribution in [1.29, 1.82) is 0 Å². The molecule has 0 aliphatic carbocycles. The molecule has 0 saturated carbocycles. The number of halogens is 5. The molecule has 6 heteroatoms. The van der Waals surface area contributed by atoms with Gasteiger partial charge in [0.25, 0.3) is 0 Å². The highest BCUT2D eigenvalue weighted by Gasteiger charge is 2.42. The molecule has 0 radical (unpaired) electrons. The van der Waals surface area contributed by atoms with Crippen molar-refractivity contribution in [1.82, 2.24) is 5.32 Å². The van der Waals surface area contributed by atoms with Crippen LogP contribution in [0.5, 0.6) is 0 Å². The molecule has 2 rings (SSSR count). The lowest BCUT2D eigenvalue weighted by molar-refractivity contribution is -0.163. The largest absolute Gasteiger partial charge is 0.403 e. The van der Waals surface area contributed by atoms with Crippen molar-refractivity contribution in [2.75, 3.05) is 0 Å². The first-order chi connectivity index (χ1) is 8.39. The number of nitrogens with one attached hydrogen (secondary N) is 1. The summed E-state index contributed by atoms with van der Waals surface area (Å²) in [5.41, 5.74) is -0.300. The molecule has 1 aliphatic rings. The highest BCUT2D eigenvalue weighted by Crippen LogP contribution is 2.34. The van der Waals surface area contributed by atoms with Gasteiger partial charge in [0, 0.05) is 11.6 Å². The molecule has 1 saturated heterocycles. The summed E-state index contributed by atoms with van der Waals surface area (Å²) in [6.07, 6.45) is -3.86. The summed E-state index contributed by atoms with van der Waals surface area (Å²) in [6.45, 7) is 0. The number of hydrogen-bond donors (Lipinski definition) is 1. The first-order valence-electron chi connectivity index (χ1n) is 5.66. The average Bonchev–Trinajstić information content (AvgIpc) is 2.28. The highest BCUT2D eigenvalue weighted by atomic mass is 19.4. The predicted octanol–water partition coefficient (Wildman–Crippen LogP) is 3.71.